The molecule has 2 atom stereocenters. The van der Waals surface area contributed by atoms with Gasteiger partial charge < -0.3 is 5.73 Å². The maximum absolute atomic E-state index is 11.9. The Balaban J connectivity index is 3.32. The smallest absolute Gasteiger partial charge is 0.178 e. The van der Waals surface area contributed by atoms with Crippen LogP contribution in [0.1, 0.15) is 32.3 Å². The van der Waals surface area contributed by atoms with E-state index in [-0.39, 0.29) is 17.7 Å². The Morgan fingerprint density at radius 2 is 1.81 bits per heavy atom. The summed E-state index contributed by atoms with van der Waals surface area (Å²) in [5.41, 5.74) is 6.65. The molecule has 0 aliphatic heterocycles. The Bertz CT molecular complexity index is 452. The summed E-state index contributed by atoms with van der Waals surface area (Å²) < 4.78 is 23.8. The van der Waals surface area contributed by atoms with E-state index in [1.165, 1.54) is 0 Å². The molecule has 16 heavy (non-hydrogen) atoms. The van der Waals surface area contributed by atoms with Gasteiger partial charge in [-0.05, 0) is 24.5 Å². The van der Waals surface area contributed by atoms with E-state index < -0.39 is 9.84 Å². The van der Waals surface area contributed by atoms with Gasteiger partial charge in [-0.15, -0.1) is 0 Å². The molecule has 0 spiro atoms. The minimum absolute atomic E-state index is 0.0394. The fraction of sp³-hybridized carbons (Fsp3) is 0.500. The molecule has 0 aliphatic rings. The predicted octanol–water partition coefficient (Wildman–Crippen LogP) is 1.93. The van der Waals surface area contributed by atoms with E-state index >= 15 is 0 Å². The average Bonchev–Trinajstić information content (AvgIpc) is 2.28. The van der Waals surface area contributed by atoms with Gasteiger partial charge in [0, 0.05) is 6.04 Å². The second-order valence-electron chi connectivity index (χ2n) is 4.09. The van der Waals surface area contributed by atoms with Crippen molar-refractivity contribution >= 4 is 9.84 Å². The van der Waals surface area contributed by atoms with Crippen molar-refractivity contribution in [2.75, 3.05) is 5.75 Å². The number of hydrogen-bond acceptors (Lipinski definition) is 3. The quantitative estimate of drug-likeness (QED) is 0.876. The fourth-order valence-corrected chi connectivity index (χ4v) is 2.79. The van der Waals surface area contributed by atoms with Crippen LogP contribution in [0, 0.1) is 0 Å². The van der Waals surface area contributed by atoms with Gasteiger partial charge in [-0.2, -0.15) is 0 Å². The molecule has 0 saturated carbocycles. The normalized spacial score (nSPS) is 15.8. The minimum Gasteiger partial charge on any atom is -0.327 e. The van der Waals surface area contributed by atoms with Crippen LogP contribution in [0.25, 0.3) is 0 Å². The zero-order chi connectivity index (χ0) is 12.3. The first-order valence-corrected chi connectivity index (χ1v) is 7.12. The summed E-state index contributed by atoms with van der Waals surface area (Å²) in [6.45, 7) is 5.50. The molecule has 1 aromatic rings. The van der Waals surface area contributed by atoms with Crippen molar-refractivity contribution in [2.45, 2.75) is 37.6 Å². The van der Waals surface area contributed by atoms with Crippen LogP contribution in [0.15, 0.2) is 29.2 Å². The van der Waals surface area contributed by atoms with E-state index in [4.69, 9.17) is 5.73 Å². The lowest BCUT2D eigenvalue weighted by molar-refractivity contribution is 0.581. The highest BCUT2D eigenvalue weighted by Crippen LogP contribution is 2.26. The summed E-state index contributed by atoms with van der Waals surface area (Å²) in [5, 5.41) is 0. The molecule has 4 heteroatoms. The molecular weight excluding hydrogens is 222 g/mol. The van der Waals surface area contributed by atoms with Crippen molar-refractivity contribution in [2.24, 2.45) is 5.73 Å². The molecule has 0 fully saturated rings. The van der Waals surface area contributed by atoms with Gasteiger partial charge in [0.05, 0.1) is 10.6 Å². The number of benzene rings is 1. The summed E-state index contributed by atoms with van der Waals surface area (Å²) >= 11 is 0. The van der Waals surface area contributed by atoms with Gasteiger partial charge >= 0.3 is 0 Å². The number of hydrogen-bond donors (Lipinski definition) is 1. The third-order valence-corrected chi connectivity index (χ3v) is 4.72. The SMILES string of the molecule is CCS(=O)(=O)c1ccccc1C(C)C(C)N. The van der Waals surface area contributed by atoms with Crippen LogP contribution < -0.4 is 5.73 Å². The van der Waals surface area contributed by atoms with Crippen LogP contribution in [0.3, 0.4) is 0 Å². The van der Waals surface area contributed by atoms with Gasteiger partial charge in [0.15, 0.2) is 9.84 Å². The third kappa shape index (κ3) is 2.62. The Morgan fingerprint density at radius 1 is 1.25 bits per heavy atom. The van der Waals surface area contributed by atoms with Gasteiger partial charge in [-0.25, -0.2) is 8.42 Å². The summed E-state index contributed by atoms with van der Waals surface area (Å²) in [6, 6.07) is 7.04. The molecule has 0 amide bonds. The summed E-state index contributed by atoms with van der Waals surface area (Å²) in [4.78, 5) is 0.419. The Kier molecular flexibility index (Phi) is 4.10. The first-order chi connectivity index (χ1) is 7.40. The second-order valence-corrected chi connectivity index (χ2v) is 6.34. The van der Waals surface area contributed by atoms with Crippen LogP contribution >= 0.6 is 0 Å². The van der Waals surface area contributed by atoms with Crippen molar-refractivity contribution in [3.05, 3.63) is 29.8 Å². The van der Waals surface area contributed by atoms with Crippen LogP contribution in [0.5, 0.6) is 0 Å². The summed E-state index contributed by atoms with van der Waals surface area (Å²) in [5.74, 6) is 0.160. The van der Waals surface area contributed by atoms with Gasteiger partial charge in [0.25, 0.3) is 0 Å². The summed E-state index contributed by atoms with van der Waals surface area (Å²) in [7, 11) is -3.16. The zero-order valence-corrected chi connectivity index (χ0v) is 10.8. The van der Waals surface area contributed by atoms with Gasteiger partial charge in [0.1, 0.15) is 0 Å². The largest absolute Gasteiger partial charge is 0.327 e. The van der Waals surface area contributed by atoms with E-state index in [9.17, 15) is 8.42 Å². The number of rotatable bonds is 4. The Morgan fingerprint density at radius 3 is 2.31 bits per heavy atom. The van der Waals surface area contributed by atoms with Crippen LogP contribution in [0.2, 0.25) is 0 Å². The van der Waals surface area contributed by atoms with E-state index in [2.05, 4.69) is 0 Å². The lowest BCUT2D eigenvalue weighted by atomic mass is 9.95. The van der Waals surface area contributed by atoms with Gasteiger partial charge in [0.2, 0.25) is 0 Å². The van der Waals surface area contributed by atoms with Crippen molar-refractivity contribution in [3.63, 3.8) is 0 Å². The molecule has 2 N–H and O–H groups in total. The molecule has 0 radical (unpaired) electrons. The first-order valence-electron chi connectivity index (χ1n) is 5.47. The lowest BCUT2D eigenvalue weighted by Gasteiger charge is -2.19. The molecular formula is C12H19NO2S. The molecule has 0 aliphatic carbocycles. The third-order valence-electron chi connectivity index (χ3n) is 2.91. The molecule has 0 aromatic heterocycles. The topological polar surface area (TPSA) is 60.2 Å². The molecule has 0 saturated heterocycles. The van der Waals surface area contributed by atoms with E-state index in [1.54, 1.807) is 19.1 Å². The second kappa shape index (κ2) is 4.97. The van der Waals surface area contributed by atoms with E-state index in [0.717, 1.165) is 5.56 Å². The van der Waals surface area contributed by atoms with Crippen molar-refractivity contribution in [1.82, 2.24) is 0 Å². The molecule has 0 heterocycles. The van der Waals surface area contributed by atoms with Crippen molar-refractivity contribution < 1.29 is 8.42 Å². The average molecular weight is 241 g/mol. The molecule has 1 rings (SSSR count). The maximum Gasteiger partial charge on any atom is 0.178 e. The number of sulfone groups is 1. The molecule has 90 valence electrons. The van der Waals surface area contributed by atoms with Crippen LogP contribution in [-0.4, -0.2) is 20.2 Å². The fourth-order valence-electron chi connectivity index (χ4n) is 1.58. The molecule has 0 bridgehead atoms. The Labute approximate surface area is 97.6 Å². The van der Waals surface area contributed by atoms with Gasteiger partial charge in [-0.3, -0.25) is 0 Å². The van der Waals surface area contributed by atoms with E-state index in [1.807, 2.05) is 26.0 Å². The maximum atomic E-state index is 11.9. The molecule has 2 unspecified atom stereocenters. The highest BCUT2D eigenvalue weighted by Gasteiger charge is 2.21. The minimum atomic E-state index is -3.16. The monoisotopic (exact) mass is 241 g/mol. The standard InChI is InChI=1S/C12H19NO2S/c1-4-16(14,15)12-8-6-5-7-11(12)9(2)10(3)13/h5-10H,4,13H2,1-3H3. The Hall–Kier alpha value is -0.870. The zero-order valence-electron chi connectivity index (χ0n) is 9.97. The highest BCUT2D eigenvalue weighted by atomic mass is 32.2. The number of nitrogens with two attached hydrogens (primary N) is 1. The van der Waals surface area contributed by atoms with Crippen molar-refractivity contribution in [3.8, 4) is 0 Å². The lowest BCUT2D eigenvalue weighted by Crippen LogP contribution is -2.24. The predicted molar refractivity (Wildman–Crippen MR) is 66.2 cm³/mol. The van der Waals surface area contributed by atoms with Crippen LogP contribution in [-0.2, 0) is 9.84 Å². The van der Waals surface area contributed by atoms with Gasteiger partial charge in [-0.1, -0.05) is 32.0 Å². The van der Waals surface area contributed by atoms with Crippen LogP contribution in [0.4, 0.5) is 0 Å². The molecule has 1 aromatic carbocycles. The van der Waals surface area contributed by atoms with Crippen molar-refractivity contribution in [1.29, 1.82) is 0 Å². The van der Waals surface area contributed by atoms with E-state index in [0.29, 0.717) is 4.90 Å². The first kappa shape index (κ1) is 13.2. The molecule has 3 nitrogen and oxygen atoms in total. The summed E-state index contributed by atoms with van der Waals surface area (Å²) in [6.07, 6.45) is 0. The highest BCUT2D eigenvalue weighted by molar-refractivity contribution is 7.91.